The summed E-state index contributed by atoms with van der Waals surface area (Å²) in [5, 5.41) is 5.50. The third kappa shape index (κ3) is 3.63. The van der Waals surface area contributed by atoms with Crippen LogP contribution in [0.25, 0.3) is 0 Å². The lowest BCUT2D eigenvalue weighted by Crippen LogP contribution is -2.56. The topological polar surface area (TPSA) is 153 Å². The fourth-order valence-electron chi connectivity index (χ4n) is 1.97. The van der Waals surface area contributed by atoms with E-state index in [1.807, 2.05) is 0 Å². The van der Waals surface area contributed by atoms with Gasteiger partial charge in [0.05, 0.1) is 18.4 Å². The molecule has 134 valence electrons. The van der Waals surface area contributed by atoms with Gasteiger partial charge in [-0.3, -0.25) is 11.1 Å². The Bertz CT molecular complexity index is 766. The van der Waals surface area contributed by atoms with Crippen molar-refractivity contribution in [3.8, 4) is 0 Å². The smallest absolute Gasteiger partial charge is 0.416 e. The summed E-state index contributed by atoms with van der Waals surface area (Å²) in [6.45, 7) is 0. The lowest BCUT2D eigenvalue weighted by molar-refractivity contribution is -0.137. The minimum absolute atomic E-state index is 0.000435. The van der Waals surface area contributed by atoms with Gasteiger partial charge in [-0.1, -0.05) is 0 Å². The van der Waals surface area contributed by atoms with E-state index in [4.69, 9.17) is 27.5 Å². The van der Waals surface area contributed by atoms with Crippen LogP contribution in [-0.4, -0.2) is 29.8 Å². The zero-order valence-corrected chi connectivity index (χ0v) is 13.0. The van der Waals surface area contributed by atoms with E-state index in [1.165, 1.54) is 24.1 Å². The fraction of sp³-hybridized carbons (Fsp3) is 0.154. The van der Waals surface area contributed by atoms with Crippen molar-refractivity contribution < 1.29 is 23.3 Å². The van der Waals surface area contributed by atoms with E-state index in [1.54, 1.807) is 0 Å². The van der Waals surface area contributed by atoms with Gasteiger partial charge in [-0.05, 0) is 24.3 Å². The van der Waals surface area contributed by atoms with Gasteiger partial charge < -0.3 is 15.9 Å². The first-order valence-electron chi connectivity index (χ1n) is 6.72. The molecule has 1 heterocycles. The van der Waals surface area contributed by atoms with Gasteiger partial charge in [-0.2, -0.15) is 18.2 Å². The number of aliphatic imine (C=N–C) groups is 2. The Hall–Kier alpha value is -3.28. The molecule has 0 amide bonds. The number of nitrogens with two attached hydrogens (primary N) is 4. The average molecular weight is 357 g/mol. The number of nitrogens with one attached hydrogen (secondary N) is 1. The fourth-order valence-corrected chi connectivity index (χ4v) is 1.97. The van der Waals surface area contributed by atoms with Crippen LogP contribution in [-0.2, 0) is 10.9 Å². The molecule has 2 rings (SSSR count). The van der Waals surface area contributed by atoms with Crippen LogP contribution in [0.4, 0.5) is 18.9 Å². The quantitative estimate of drug-likeness (QED) is 0.145. The average Bonchev–Trinajstić information content (AvgIpc) is 2.53. The first-order chi connectivity index (χ1) is 11.7. The van der Waals surface area contributed by atoms with Crippen molar-refractivity contribution in [2.75, 3.05) is 7.11 Å². The molecular formula is C13H16F3N8O+. The summed E-state index contributed by atoms with van der Waals surface area (Å²) in [4.78, 5) is 9.23. The third-order valence-corrected chi connectivity index (χ3v) is 3.11. The minimum Gasteiger partial charge on any atom is -0.487 e. The second-order valence-corrected chi connectivity index (χ2v) is 4.74. The van der Waals surface area contributed by atoms with Crippen LogP contribution in [0.1, 0.15) is 5.56 Å². The molecule has 1 aliphatic heterocycles. The first kappa shape index (κ1) is 18.1. The normalized spacial score (nSPS) is 16.8. The molecule has 0 bridgehead atoms. The van der Waals surface area contributed by atoms with Crippen molar-refractivity contribution >= 4 is 23.4 Å². The maximum atomic E-state index is 12.6. The number of guanidine groups is 2. The van der Waals surface area contributed by atoms with Crippen molar-refractivity contribution in [1.29, 1.82) is 0 Å². The van der Waals surface area contributed by atoms with E-state index in [0.29, 0.717) is 0 Å². The Morgan fingerprint density at radius 1 is 1.32 bits per heavy atom. The van der Waals surface area contributed by atoms with Gasteiger partial charge >= 0.3 is 12.0 Å². The Labute approximate surface area is 140 Å². The molecular weight excluding hydrogens is 341 g/mol. The number of hydrogen-bond acceptors (Lipinski definition) is 5. The van der Waals surface area contributed by atoms with Crippen LogP contribution >= 0.6 is 0 Å². The van der Waals surface area contributed by atoms with Crippen molar-refractivity contribution in [2.45, 2.75) is 6.18 Å². The van der Waals surface area contributed by atoms with Gasteiger partial charge in [0, 0.05) is 0 Å². The van der Waals surface area contributed by atoms with E-state index in [2.05, 4.69) is 15.4 Å². The van der Waals surface area contributed by atoms with Gasteiger partial charge in [-0.25, -0.2) is 15.7 Å². The van der Waals surface area contributed by atoms with Crippen molar-refractivity contribution in [2.24, 2.45) is 27.3 Å². The van der Waals surface area contributed by atoms with E-state index in [9.17, 15) is 13.2 Å². The van der Waals surface area contributed by atoms with Gasteiger partial charge in [0.1, 0.15) is 0 Å². The van der Waals surface area contributed by atoms with Crippen molar-refractivity contribution in [3.05, 3.63) is 41.4 Å². The summed E-state index contributed by atoms with van der Waals surface area (Å²) in [6.07, 6.45) is -4.43. The summed E-state index contributed by atoms with van der Waals surface area (Å²) in [5.74, 6) is 5.40. The molecule has 9 nitrogen and oxygen atoms in total. The molecule has 1 aromatic rings. The number of ether oxygens (including phenoxy) is 1. The van der Waals surface area contributed by atoms with Crippen LogP contribution in [0.2, 0.25) is 0 Å². The maximum absolute atomic E-state index is 12.6. The number of amidine groups is 1. The number of nitrogens with zero attached hydrogens (tertiary/aromatic N) is 3. The number of alkyl halides is 3. The van der Waals surface area contributed by atoms with Gasteiger partial charge in [0.25, 0.3) is 5.76 Å². The molecule has 12 heteroatoms. The highest BCUT2D eigenvalue weighted by Gasteiger charge is 2.33. The van der Waals surface area contributed by atoms with E-state index >= 15 is 0 Å². The Morgan fingerprint density at radius 2 is 1.92 bits per heavy atom. The van der Waals surface area contributed by atoms with E-state index in [-0.39, 0.29) is 35.0 Å². The summed E-state index contributed by atoms with van der Waals surface area (Å²) in [5.41, 5.74) is 12.9. The van der Waals surface area contributed by atoms with Crippen LogP contribution in [0.15, 0.2) is 45.8 Å². The Morgan fingerprint density at radius 3 is 2.32 bits per heavy atom. The second-order valence-electron chi connectivity index (χ2n) is 4.74. The Balaban J connectivity index is 2.37. The van der Waals surface area contributed by atoms with Gasteiger partial charge in [-0.15, -0.1) is 0 Å². The zero-order valence-electron chi connectivity index (χ0n) is 13.0. The van der Waals surface area contributed by atoms with Crippen molar-refractivity contribution in [1.82, 2.24) is 10.3 Å². The largest absolute Gasteiger partial charge is 0.487 e. The molecule has 0 spiro atoms. The lowest BCUT2D eigenvalue weighted by Gasteiger charge is -2.31. The highest BCUT2D eigenvalue weighted by atomic mass is 19.4. The molecule has 1 aromatic carbocycles. The summed E-state index contributed by atoms with van der Waals surface area (Å²) in [6, 6.07) is 4.19. The molecule has 25 heavy (non-hydrogen) atoms. The lowest BCUT2D eigenvalue weighted by atomic mass is 10.2. The summed E-state index contributed by atoms with van der Waals surface area (Å²) < 4.78 is 42.8. The van der Waals surface area contributed by atoms with Gasteiger partial charge in [0.2, 0.25) is 11.9 Å². The summed E-state index contributed by atoms with van der Waals surface area (Å²) in [7, 11) is 1.31. The number of hydrogen-bond donors (Lipinski definition) is 5. The van der Waals surface area contributed by atoms with Crippen LogP contribution < -0.4 is 28.1 Å². The molecule has 0 unspecified atom stereocenters. The zero-order chi connectivity index (χ0) is 18.8. The molecule has 0 fully saturated rings. The van der Waals surface area contributed by atoms with Crippen LogP contribution in [0.5, 0.6) is 0 Å². The van der Waals surface area contributed by atoms with E-state index in [0.717, 1.165) is 12.1 Å². The monoisotopic (exact) mass is 357 g/mol. The number of methoxy groups -OCH3 is 1. The third-order valence-electron chi connectivity index (χ3n) is 3.11. The molecule has 0 radical (unpaired) electrons. The van der Waals surface area contributed by atoms with E-state index < -0.39 is 11.7 Å². The molecule has 0 saturated carbocycles. The van der Waals surface area contributed by atoms with Crippen LogP contribution in [0, 0.1) is 0 Å². The number of rotatable bonds is 5. The van der Waals surface area contributed by atoms with Gasteiger partial charge in [0.15, 0.2) is 5.82 Å². The minimum atomic E-state index is -4.43. The molecule has 0 aliphatic carbocycles. The molecule has 0 aromatic heterocycles. The predicted octanol–water partition coefficient (Wildman–Crippen LogP) is -1.28. The maximum Gasteiger partial charge on any atom is 0.416 e. The standard InChI is InChI=1S/C13H15F3N8O/c1-25-8(9(17)18)10(23-20)24-11(19)22-12(24)21-7-4-2-6(3-5-7)13(14,15)16/h2-5,23H,20H2,1H3,(H3,17,18)(H2,19,21,22)/p+1/b10-8-. The SMILES string of the molecule is CO/C(C(N)=[NH2+])=C(/NN)N1C(N)=NC1=Nc1ccc(C(F)(F)F)cc1. The Kier molecular flexibility index (Phi) is 4.83. The number of halogens is 3. The highest BCUT2D eigenvalue weighted by Crippen LogP contribution is 2.30. The highest BCUT2D eigenvalue weighted by molar-refractivity contribution is 6.14. The molecule has 0 saturated heterocycles. The first-order valence-corrected chi connectivity index (χ1v) is 6.72. The molecule has 1 aliphatic rings. The van der Waals surface area contributed by atoms with Crippen LogP contribution in [0.3, 0.4) is 0 Å². The number of hydrazine groups is 1. The predicted molar refractivity (Wildman–Crippen MR) is 84.5 cm³/mol. The molecule has 0 atom stereocenters. The van der Waals surface area contributed by atoms with Crippen molar-refractivity contribution in [3.63, 3.8) is 0 Å². The molecule has 9 N–H and O–H groups in total. The number of benzene rings is 1. The summed E-state index contributed by atoms with van der Waals surface area (Å²) >= 11 is 0. The second kappa shape index (κ2) is 6.68.